The first kappa shape index (κ1) is 14.3. The van der Waals surface area contributed by atoms with Gasteiger partial charge in [0.1, 0.15) is 0 Å². The molecule has 1 aliphatic heterocycles. The van der Waals surface area contributed by atoms with Crippen LogP contribution in [0.4, 0.5) is 4.79 Å². The van der Waals surface area contributed by atoms with Gasteiger partial charge in [0.05, 0.1) is 6.61 Å². The normalized spacial score (nSPS) is 20.4. The van der Waals surface area contributed by atoms with Gasteiger partial charge >= 0.3 is 6.03 Å². The van der Waals surface area contributed by atoms with E-state index >= 15 is 0 Å². The molecule has 3 N–H and O–H groups in total. The Morgan fingerprint density at radius 1 is 1.53 bits per heavy atom. The van der Waals surface area contributed by atoms with Crippen LogP contribution in [-0.2, 0) is 4.74 Å². The molecule has 1 aliphatic rings. The van der Waals surface area contributed by atoms with E-state index in [1.807, 2.05) is 4.90 Å². The minimum Gasteiger partial charge on any atom is -0.380 e. The van der Waals surface area contributed by atoms with Crippen LogP contribution in [0.25, 0.3) is 0 Å². The van der Waals surface area contributed by atoms with Crippen molar-refractivity contribution in [1.82, 2.24) is 10.2 Å². The van der Waals surface area contributed by atoms with Gasteiger partial charge in [0, 0.05) is 32.8 Å². The highest BCUT2D eigenvalue weighted by molar-refractivity contribution is 5.74. The number of likely N-dealkylation sites (tertiary alicyclic amines) is 1. The molecule has 0 aromatic carbocycles. The summed E-state index contributed by atoms with van der Waals surface area (Å²) in [5.74, 6) is 0.627. The number of amides is 2. The molecule has 5 nitrogen and oxygen atoms in total. The summed E-state index contributed by atoms with van der Waals surface area (Å²) in [7, 11) is 0. The zero-order valence-electron chi connectivity index (χ0n) is 10.8. The van der Waals surface area contributed by atoms with Gasteiger partial charge in [-0.05, 0) is 25.2 Å². The fourth-order valence-corrected chi connectivity index (χ4v) is 2.04. The number of carbonyl (C=O) groups excluding carboxylic acids is 1. The van der Waals surface area contributed by atoms with E-state index in [1.54, 1.807) is 0 Å². The Labute approximate surface area is 104 Å². The summed E-state index contributed by atoms with van der Waals surface area (Å²) in [5, 5.41) is 2.93. The van der Waals surface area contributed by atoms with Crippen molar-refractivity contribution in [2.24, 2.45) is 11.7 Å². The summed E-state index contributed by atoms with van der Waals surface area (Å²) < 4.78 is 5.24. The molecular formula is C12H25N3O2. The number of piperidine rings is 1. The molecule has 1 unspecified atom stereocenters. The zero-order chi connectivity index (χ0) is 12.5. The predicted molar refractivity (Wildman–Crippen MR) is 67.9 cm³/mol. The van der Waals surface area contributed by atoms with Crippen molar-refractivity contribution in [3.8, 4) is 0 Å². The Morgan fingerprint density at radius 3 is 3.06 bits per heavy atom. The standard InChI is InChI=1S/C12H25N3O2/c1-11-4-2-7-15(10-11)12(16)14-6-3-8-17-9-5-13/h11H,2-10,13H2,1H3,(H,14,16). The molecule has 2 amide bonds. The summed E-state index contributed by atoms with van der Waals surface area (Å²) in [5.41, 5.74) is 5.30. The minimum atomic E-state index is 0.0652. The van der Waals surface area contributed by atoms with Crippen molar-refractivity contribution in [3.63, 3.8) is 0 Å². The van der Waals surface area contributed by atoms with Gasteiger partial charge in [-0.15, -0.1) is 0 Å². The van der Waals surface area contributed by atoms with Gasteiger partial charge < -0.3 is 20.7 Å². The molecule has 100 valence electrons. The van der Waals surface area contributed by atoms with E-state index < -0.39 is 0 Å². The van der Waals surface area contributed by atoms with E-state index in [9.17, 15) is 4.79 Å². The molecule has 0 aromatic heterocycles. The molecule has 0 bridgehead atoms. The highest BCUT2D eigenvalue weighted by Gasteiger charge is 2.20. The van der Waals surface area contributed by atoms with Gasteiger partial charge in [0.2, 0.25) is 0 Å². The van der Waals surface area contributed by atoms with Crippen LogP contribution >= 0.6 is 0 Å². The Bertz CT molecular complexity index is 224. The van der Waals surface area contributed by atoms with Crippen LogP contribution in [0, 0.1) is 5.92 Å². The molecule has 0 spiro atoms. The van der Waals surface area contributed by atoms with Gasteiger partial charge in [0.25, 0.3) is 0 Å². The van der Waals surface area contributed by atoms with Crippen molar-refractivity contribution in [2.75, 3.05) is 39.4 Å². The number of hydrogen-bond acceptors (Lipinski definition) is 3. The van der Waals surface area contributed by atoms with Crippen molar-refractivity contribution in [1.29, 1.82) is 0 Å². The maximum Gasteiger partial charge on any atom is 0.317 e. The highest BCUT2D eigenvalue weighted by atomic mass is 16.5. The lowest BCUT2D eigenvalue weighted by Gasteiger charge is -2.30. The fraction of sp³-hybridized carbons (Fsp3) is 0.917. The molecule has 5 heteroatoms. The summed E-state index contributed by atoms with van der Waals surface area (Å²) >= 11 is 0. The van der Waals surface area contributed by atoms with Crippen molar-refractivity contribution in [2.45, 2.75) is 26.2 Å². The Kier molecular flexibility index (Phi) is 6.96. The van der Waals surface area contributed by atoms with Crippen LogP contribution in [0.5, 0.6) is 0 Å². The highest BCUT2D eigenvalue weighted by Crippen LogP contribution is 2.14. The monoisotopic (exact) mass is 243 g/mol. The smallest absolute Gasteiger partial charge is 0.317 e. The lowest BCUT2D eigenvalue weighted by Crippen LogP contribution is -2.45. The van der Waals surface area contributed by atoms with Crippen LogP contribution in [0.3, 0.4) is 0 Å². The van der Waals surface area contributed by atoms with E-state index in [1.165, 1.54) is 6.42 Å². The van der Waals surface area contributed by atoms with Crippen LogP contribution in [0.2, 0.25) is 0 Å². The molecule has 0 aliphatic carbocycles. The molecule has 17 heavy (non-hydrogen) atoms. The van der Waals surface area contributed by atoms with Gasteiger partial charge in [-0.3, -0.25) is 0 Å². The third-order valence-corrected chi connectivity index (χ3v) is 2.95. The van der Waals surface area contributed by atoms with E-state index in [0.717, 1.165) is 25.9 Å². The second-order valence-corrected chi connectivity index (χ2v) is 4.68. The predicted octanol–water partition coefficient (Wildman–Crippen LogP) is 0.793. The average Bonchev–Trinajstić information content (AvgIpc) is 2.33. The molecule has 0 aromatic rings. The van der Waals surface area contributed by atoms with E-state index in [0.29, 0.717) is 32.2 Å². The first-order valence-electron chi connectivity index (χ1n) is 6.54. The lowest BCUT2D eigenvalue weighted by atomic mass is 10.0. The third kappa shape index (κ3) is 5.89. The number of ether oxygens (including phenoxy) is 1. The molecular weight excluding hydrogens is 218 g/mol. The molecule has 1 rings (SSSR count). The molecule has 1 saturated heterocycles. The summed E-state index contributed by atoms with van der Waals surface area (Å²) in [6, 6.07) is 0.0652. The molecule has 1 atom stereocenters. The van der Waals surface area contributed by atoms with Crippen LogP contribution in [0.1, 0.15) is 26.2 Å². The van der Waals surface area contributed by atoms with Gasteiger partial charge in [0.15, 0.2) is 0 Å². The Morgan fingerprint density at radius 2 is 2.35 bits per heavy atom. The number of carbonyl (C=O) groups is 1. The number of nitrogens with two attached hydrogens (primary N) is 1. The number of nitrogens with one attached hydrogen (secondary N) is 1. The maximum absolute atomic E-state index is 11.8. The van der Waals surface area contributed by atoms with Crippen molar-refractivity contribution in [3.05, 3.63) is 0 Å². The second kappa shape index (κ2) is 8.31. The average molecular weight is 243 g/mol. The number of hydrogen-bond donors (Lipinski definition) is 2. The van der Waals surface area contributed by atoms with E-state index in [-0.39, 0.29) is 6.03 Å². The second-order valence-electron chi connectivity index (χ2n) is 4.68. The number of rotatable bonds is 6. The van der Waals surface area contributed by atoms with Gasteiger partial charge in [-0.1, -0.05) is 6.92 Å². The first-order chi connectivity index (χ1) is 8.24. The Balaban J connectivity index is 2.04. The molecule has 1 fully saturated rings. The number of urea groups is 1. The fourth-order valence-electron chi connectivity index (χ4n) is 2.04. The van der Waals surface area contributed by atoms with Crippen molar-refractivity contribution < 1.29 is 9.53 Å². The SMILES string of the molecule is CC1CCCN(C(=O)NCCCOCCN)C1. The maximum atomic E-state index is 11.8. The Hall–Kier alpha value is -0.810. The summed E-state index contributed by atoms with van der Waals surface area (Å²) in [4.78, 5) is 13.7. The summed E-state index contributed by atoms with van der Waals surface area (Å²) in [6.07, 6.45) is 3.19. The van der Waals surface area contributed by atoms with Crippen LogP contribution in [0.15, 0.2) is 0 Å². The van der Waals surface area contributed by atoms with Gasteiger partial charge in [-0.2, -0.15) is 0 Å². The largest absolute Gasteiger partial charge is 0.380 e. The molecule has 0 saturated carbocycles. The van der Waals surface area contributed by atoms with Crippen LogP contribution in [-0.4, -0.2) is 50.3 Å². The minimum absolute atomic E-state index is 0.0652. The molecule has 1 heterocycles. The number of nitrogens with zero attached hydrogens (tertiary/aromatic N) is 1. The van der Waals surface area contributed by atoms with Crippen LogP contribution < -0.4 is 11.1 Å². The van der Waals surface area contributed by atoms with E-state index in [2.05, 4.69) is 12.2 Å². The molecule has 0 radical (unpaired) electrons. The zero-order valence-corrected chi connectivity index (χ0v) is 10.8. The van der Waals surface area contributed by atoms with Gasteiger partial charge in [-0.25, -0.2) is 4.79 Å². The topological polar surface area (TPSA) is 67.6 Å². The summed E-state index contributed by atoms with van der Waals surface area (Å²) in [6.45, 7) is 6.45. The van der Waals surface area contributed by atoms with Crippen molar-refractivity contribution >= 4 is 6.03 Å². The lowest BCUT2D eigenvalue weighted by molar-refractivity contribution is 0.137. The quantitative estimate of drug-likeness (QED) is 0.678. The van der Waals surface area contributed by atoms with E-state index in [4.69, 9.17) is 10.5 Å². The first-order valence-corrected chi connectivity index (χ1v) is 6.54. The third-order valence-electron chi connectivity index (χ3n) is 2.95.